The van der Waals surface area contributed by atoms with E-state index in [1.165, 1.54) is 12.1 Å². The van der Waals surface area contributed by atoms with Gasteiger partial charge >= 0.3 is 12.1 Å². The first-order valence-corrected chi connectivity index (χ1v) is 6.16. The van der Waals surface area contributed by atoms with E-state index in [0.717, 1.165) is 0 Å². The number of carboxylic acid groups (broad SMARTS) is 1. The Balaban J connectivity index is 2.79. The van der Waals surface area contributed by atoms with Gasteiger partial charge < -0.3 is 9.84 Å². The van der Waals surface area contributed by atoms with Crippen LogP contribution in [0.1, 0.15) is 24.2 Å². The summed E-state index contributed by atoms with van der Waals surface area (Å²) in [6.07, 6.45) is -0.663. The lowest BCUT2D eigenvalue weighted by Crippen LogP contribution is -2.18. The monoisotopic (exact) mass is 315 g/mol. The lowest BCUT2D eigenvalue weighted by atomic mass is 10.2. The normalized spacial score (nSPS) is 10.2. The summed E-state index contributed by atoms with van der Waals surface area (Å²) in [4.78, 5) is 22.4. The Morgan fingerprint density at radius 1 is 1.44 bits per heavy atom. The van der Waals surface area contributed by atoms with Gasteiger partial charge in [-0.15, -0.1) is 0 Å². The smallest absolute Gasteiger partial charge is 0.411 e. The van der Waals surface area contributed by atoms with E-state index in [9.17, 15) is 9.59 Å². The number of benzene rings is 1. The fourth-order valence-corrected chi connectivity index (χ4v) is 1.56. The molecule has 0 aliphatic carbocycles. The molecule has 1 rings (SSSR count). The topological polar surface area (TPSA) is 75.6 Å². The summed E-state index contributed by atoms with van der Waals surface area (Å²) >= 11 is 3.21. The van der Waals surface area contributed by atoms with Crippen molar-refractivity contribution in [2.45, 2.75) is 13.8 Å². The third-order valence-electron chi connectivity index (χ3n) is 2.00. The van der Waals surface area contributed by atoms with Crippen molar-refractivity contribution in [1.29, 1.82) is 0 Å². The molecular weight excluding hydrogens is 302 g/mol. The van der Waals surface area contributed by atoms with Crippen molar-refractivity contribution in [3.63, 3.8) is 0 Å². The Labute approximate surface area is 113 Å². The first-order chi connectivity index (χ1) is 8.40. The molecule has 1 aromatic carbocycles. The van der Waals surface area contributed by atoms with Gasteiger partial charge in [-0.3, -0.25) is 5.32 Å². The second-order valence-electron chi connectivity index (χ2n) is 4.11. The van der Waals surface area contributed by atoms with Gasteiger partial charge in [0, 0.05) is 4.47 Å². The summed E-state index contributed by atoms with van der Waals surface area (Å²) in [6.45, 7) is 4.10. The van der Waals surface area contributed by atoms with E-state index in [0.29, 0.717) is 4.47 Å². The number of halogens is 1. The maximum Gasteiger partial charge on any atom is 0.411 e. The van der Waals surface area contributed by atoms with Crippen molar-refractivity contribution in [1.82, 2.24) is 0 Å². The van der Waals surface area contributed by atoms with Gasteiger partial charge in [-0.05, 0) is 24.1 Å². The zero-order valence-electron chi connectivity index (χ0n) is 10.1. The summed E-state index contributed by atoms with van der Waals surface area (Å²) in [5.41, 5.74) is 0.213. The number of anilines is 1. The minimum atomic E-state index is -1.11. The van der Waals surface area contributed by atoms with Crippen LogP contribution in [0.3, 0.4) is 0 Å². The summed E-state index contributed by atoms with van der Waals surface area (Å²) in [5.74, 6) is -0.890. The van der Waals surface area contributed by atoms with Crippen LogP contribution < -0.4 is 5.32 Å². The third kappa shape index (κ3) is 4.37. The minimum absolute atomic E-state index is 0.0136. The maximum atomic E-state index is 11.5. The first-order valence-electron chi connectivity index (χ1n) is 5.36. The van der Waals surface area contributed by atoms with Gasteiger partial charge in [-0.2, -0.15) is 0 Å². The van der Waals surface area contributed by atoms with Crippen molar-refractivity contribution < 1.29 is 19.4 Å². The van der Waals surface area contributed by atoms with Gasteiger partial charge in [0.15, 0.2) is 0 Å². The summed E-state index contributed by atoms with van der Waals surface area (Å²) in [7, 11) is 0. The number of carbonyl (C=O) groups excluding carboxylic acids is 1. The molecule has 0 aromatic heterocycles. The van der Waals surface area contributed by atoms with Crippen LogP contribution in [-0.2, 0) is 4.74 Å². The van der Waals surface area contributed by atoms with Crippen molar-refractivity contribution in [2.24, 2.45) is 5.92 Å². The van der Waals surface area contributed by atoms with Gasteiger partial charge in [-0.1, -0.05) is 29.8 Å². The standard InChI is InChI=1S/C12H14BrNO4/c1-7(2)6-18-12(17)14-10-5-8(13)3-4-9(10)11(15)16/h3-5,7H,6H2,1-2H3,(H,14,17)(H,15,16). The molecule has 0 aliphatic rings. The highest BCUT2D eigenvalue weighted by molar-refractivity contribution is 9.10. The van der Waals surface area contributed by atoms with Crippen LogP contribution >= 0.6 is 15.9 Å². The number of hydrogen-bond acceptors (Lipinski definition) is 3. The fraction of sp³-hybridized carbons (Fsp3) is 0.333. The van der Waals surface area contributed by atoms with Gasteiger partial charge in [0.05, 0.1) is 17.9 Å². The predicted octanol–water partition coefficient (Wildman–Crippen LogP) is 3.35. The van der Waals surface area contributed by atoms with Crippen LogP contribution in [0.15, 0.2) is 22.7 Å². The van der Waals surface area contributed by atoms with Crippen LogP contribution in [0.5, 0.6) is 0 Å². The highest BCUT2D eigenvalue weighted by atomic mass is 79.9. The molecule has 0 spiro atoms. The lowest BCUT2D eigenvalue weighted by Gasteiger charge is -2.10. The van der Waals surface area contributed by atoms with E-state index in [2.05, 4.69) is 21.2 Å². The molecule has 0 aliphatic heterocycles. The first kappa shape index (κ1) is 14.5. The molecule has 0 saturated heterocycles. The van der Waals surface area contributed by atoms with E-state index < -0.39 is 12.1 Å². The molecule has 0 bridgehead atoms. The SMILES string of the molecule is CC(C)COC(=O)Nc1cc(Br)ccc1C(=O)O. The molecule has 0 saturated carbocycles. The largest absolute Gasteiger partial charge is 0.478 e. The Bertz CT molecular complexity index is 459. The van der Waals surface area contributed by atoms with Crippen molar-refractivity contribution in [3.05, 3.63) is 28.2 Å². The van der Waals surface area contributed by atoms with Gasteiger partial charge in [-0.25, -0.2) is 9.59 Å². The number of ether oxygens (including phenoxy) is 1. The van der Waals surface area contributed by atoms with E-state index in [1.54, 1.807) is 6.07 Å². The molecule has 2 N–H and O–H groups in total. The molecular formula is C12H14BrNO4. The molecule has 5 nitrogen and oxygen atoms in total. The second kappa shape index (κ2) is 6.39. The molecule has 0 atom stereocenters. The highest BCUT2D eigenvalue weighted by Gasteiger charge is 2.13. The van der Waals surface area contributed by atoms with Crippen LogP contribution in [0, 0.1) is 5.92 Å². The number of carboxylic acids is 1. The van der Waals surface area contributed by atoms with Gasteiger partial charge in [0.2, 0.25) is 0 Å². The number of hydrogen-bond donors (Lipinski definition) is 2. The molecule has 0 heterocycles. The van der Waals surface area contributed by atoms with Gasteiger partial charge in [0.25, 0.3) is 0 Å². The van der Waals surface area contributed by atoms with Gasteiger partial charge in [0.1, 0.15) is 0 Å². The van der Waals surface area contributed by atoms with E-state index in [4.69, 9.17) is 9.84 Å². The Kier molecular flexibility index (Phi) is 5.15. The molecule has 0 unspecified atom stereocenters. The minimum Gasteiger partial charge on any atom is -0.478 e. The molecule has 0 fully saturated rings. The average molecular weight is 316 g/mol. The molecule has 98 valence electrons. The zero-order valence-corrected chi connectivity index (χ0v) is 11.7. The van der Waals surface area contributed by atoms with E-state index >= 15 is 0 Å². The highest BCUT2D eigenvalue weighted by Crippen LogP contribution is 2.21. The lowest BCUT2D eigenvalue weighted by molar-refractivity contribution is 0.0698. The molecule has 18 heavy (non-hydrogen) atoms. The molecule has 0 radical (unpaired) electrons. The summed E-state index contributed by atoms with van der Waals surface area (Å²) < 4.78 is 5.60. The fourth-order valence-electron chi connectivity index (χ4n) is 1.19. The number of aromatic carboxylic acids is 1. The molecule has 6 heteroatoms. The van der Waals surface area contributed by atoms with E-state index in [-0.39, 0.29) is 23.8 Å². The number of carbonyl (C=O) groups is 2. The van der Waals surface area contributed by atoms with Crippen LogP contribution in [0.4, 0.5) is 10.5 Å². The van der Waals surface area contributed by atoms with Crippen LogP contribution in [-0.4, -0.2) is 23.8 Å². The number of rotatable bonds is 4. The summed E-state index contributed by atoms with van der Waals surface area (Å²) in [5, 5.41) is 11.4. The summed E-state index contributed by atoms with van der Waals surface area (Å²) in [6, 6.07) is 4.51. The van der Waals surface area contributed by atoms with Crippen molar-refractivity contribution in [3.8, 4) is 0 Å². The molecule has 1 amide bonds. The maximum absolute atomic E-state index is 11.5. The number of nitrogens with one attached hydrogen (secondary N) is 1. The quantitative estimate of drug-likeness (QED) is 0.893. The molecule has 1 aromatic rings. The van der Waals surface area contributed by atoms with Crippen molar-refractivity contribution >= 4 is 33.7 Å². The Morgan fingerprint density at radius 3 is 2.67 bits per heavy atom. The predicted molar refractivity (Wildman–Crippen MR) is 70.9 cm³/mol. The Hall–Kier alpha value is -1.56. The zero-order chi connectivity index (χ0) is 13.7. The Morgan fingerprint density at radius 2 is 2.11 bits per heavy atom. The third-order valence-corrected chi connectivity index (χ3v) is 2.49. The second-order valence-corrected chi connectivity index (χ2v) is 5.03. The number of amides is 1. The van der Waals surface area contributed by atoms with Crippen LogP contribution in [0.2, 0.25) is 0 Å². The average Bonchev–Trinajstić information content (AvgIpc) is 2.26. The van der Waals surface area contributed by atoms with E-state index in [1.807, 2.05) is 13.8 Å². The van der Waals surface area contributed by atoms with Crippen molar-refractivity contribution in [2.75, 3.05) is 11.9 Å². The van der Waals surface area contributed by atoms with Crippen LogP contribution in [0.25, 0.3) is 0 Å².